The first-order chi connectivity index (χ1) is 8.36. The molecule has 0 spiro atoms. The van der Waals surface area contributed by atoms with Crippen molar-refractivity contribution in [3.8, 4) is 0 Å². The van der Waals surface area contributed by atoms with Crippen LogP contribution in [-0.2, 0) is 0 Å². The minimum atomic E-state index is 0.528. The molecule has 17 heavy (non-hydrogen) atoms. The fourth-order valence-corrected chi connectivity index (χ4v) is 1.83. The van der Waals surface area contributed by atoms with Crippen molar-refractivity contribution in [1.29, 1.82) is 0 Å². The summed E-state index contributed by atoms with van der Waals surface area (Å²) in [6.45, 7) is 0.784. The lowest BCUT2D eigenvalue weighted by Gasteiger charge is -2.04. The second-order valence-corrected chi connectivity index (χ2v) is 4.42. The van der Waals surface area contributed by atoms with E-state index < -0.39 is 0 Å². The summed E-state index contributed by atoms with van der Waals surface area (Å²) in [5.41, 5.74) is 3.90. The minimum absolute atomic E-state index is 0.528. The topological polar surface area (TPSA) is 57.8 Å². The van der Waals surface area contributed by atoms with Crippen LogP contribution in [0, 0.1) is 5.92 Å². The Kier molecular flexibility index (Phi) is 2.57. The van der Waals surface area contributed by atoms with Crippen LogP contribution in [0.25, 0.3) is 11.0 Å². The summed E-state index contributed by atoms with van der Waals surface area (Å²) >= 11 is 0. The van der Waals surface area contributed by atoms with Gasteiger partial charge >= 0.3 is 0 Å². The molecule has 0 bridgehead atoms. The zero-order valence-electron chi connectivity index (χ0n) is 9.39. The van der Waals surface area contributed by atoms with Crippen LogP contribution in [0.5, 0.6) is 0 Å². The summed E-state index contributed by atoms with van der Waals surface area (Å²) in [6, 6.07) is 7.62. The molecule has 1 fully saturated rings. The van der Waals surface area contributed by atoms with Gasteiger partial charge in [-0.1, -0.05) is 0 Å². The van der Waals surface area contributed by atoms with E-state index in [1.165, 1.54) is 12.8 Å². The van der Waals surface area contributed by atoms with E-state index in [2.05, 4.69) is 10.5 Å². The molecule has 1 aromatic carbocycles. The number of aliphatic imine (C=N–C) groups is 1. The number of nitrogens with one attached hydrogen (secondary N) is 1. The highest BCUT2D eigenvalue weighted by atomic mass is 16.5. The van der Waals surface area contributed by atoms with E-state index in [1.54, 1.807) is 6.26 Å². The molecule has 0 aliphatic heterocycles. The first kappa shape index (κ1) is 10.4. The normalized spacial score (nSPS) is 16.4. The van der Waals surface area contributed by atoms with Crippen LogP contribution in [0.4, 0.5) is 0 Å². The first-order valence-corrected chi connectivity index (χ1v) is 5.79. The Hall–Kier alpha value is -1.81. The van der Waals surface area contributed by atoms with Crippen molar-refractivity contribution < 1.29 is 9.62 Å². The number of rotatable bonds is 3. The molecule has 1 aliphatic carbocycles. The first-order valence-electron chi connectivity index (χ1n) is 5.79. The van der Waals surface area contributed by atoms with Gasteiger partial charge in [-0.15, -0.1) is 0 Å². The molecule has 0 atom stereocenters. The third-order valence-corrected chi connectivity index (χ3v) is 3.04. The van der Waals surface area contributed by atoms with Crippen LogP contribution in [0.1, 0.15) is 18.4 Å². The fraction of sp³-hybridized carbons (Fsp3) is 0.308. The average Bonchev–Trinajstić information content (AvgIpc) is 3.06. The van der Waals surface area contributed by atoms with Crippen molar-refractivity contribution in [3.05, 3.63) is 36.1 Å². The van der Waals surface area contributed by atoms with Crippen molar-refractivity contribution >= 4 is 16.8 Å². The molecule has 3 rings (SSSR count). The summed E-state index contributed by atoms with van der Waals surface area (Å²) in [6.07, 6.45) is 4.16. The van der Waals surface area contributed by atoms with Crippen LogP contribution in [0.2, 0.25) is 0 Å². The monoisotopic (exact) mass is 230 g/mol. The van der Waals surface area contributed by atoms with Crippen LogP contribution in [0.15, 0.2) is 39.9 Å². The number of fused-ring (bicyclic) bond motifs is 1. The Morgan fingerprint density at radius 3 is 3.06 bits per heavy atom. The molecule has 0 saturated heterocycles. The van der Waals surface area contributed by atoms with Gasteiger partial charge in [0.25, 0.3) is 0 Å². The predicted molar refractivity (Wildman–Crippen MR) is 65.3 cm³/mol. The highest BCUT2D eigenvalue weighted by Crippen LogP contribution is 2.29. The number of hydroxylamine groups is 1. The van der Waals surface area contributed by atoms with E-state index in [4.69, 9.17) is 9.62 Å². The van der Waals surface area contributed by atoms with Crippen LogP contribution < -0.4 is 5.48 Å². The van der Waals surface area contributed by atoms with E-state index in [-0.39, 0.29) is 0 Å². The highest BCUT2D eigenvalue weighted by molar-refractivity contribution is 6.00. The second-order valence-electron chi connectivity index (χ2n) is 4.42. The van der Waals surface area contributed by atoms with E-state index in [1.807, 2.05) is 24.3 Å². The maximum Gasteiger partial charge on any atom is 0.152 e. The van der Waals surface area contributed by atoms with Gasteiger partial charge in [0.2, 0.25) is 0 Å². The summed E-state index contributed by atoms with van der Waals surface area (Å²) in [5.74, 6) is 1.23. The molecule has 1 heterocycles. The Bertz CT molecular complexity index is 555. The van der Waals surface area contributed by atoms with E-state index in [9.17, 15) is 0 Å². The smallest absolute Gasteiger partial charge is 0.152 e. The molecule has 1 aromatic heterocycles. The lowest BCUT2D eigenvalue weighted by Crippen LogP contribution is -2.20. The van der Waals surface area contributed by atoms with Crippen molar-refractivity contribution in [2.75, 3.05) is 6.54 Å². The third-order valence-electron chi connectivity index (χ3n) is 3.04. The molecule has 1 saturated carbocycles. The summed E-state index contributed by atoms with van der Waals surface area (Å²) < 4.78 is 5.27. The van der Waals surface area contributed by atoms with Gasteiger partial charge in [-0.05, 0) is 43.0 Å². The number of benzene rings is 1. The fourth-order valence-electron chi connectivity index (χ4n) is 1.83. The maximum atomic E-state index is 9.13. The van der Waals surface area contributed by atoms with Crippen molar-refractivity contribution in [1.82, 2.24) is 5.48 Å². The van der Waals surface area contributed by atoms with Crippen molar-refractivity contribution in [2.24, 2.45) is 10.9 Å². The van der Waals surface area contributed by atoms with Crippen LogP contribution in [0.3, 0.4) is 0 Å². The lowest BCUT2D eigenvalue weighted by molar-refractivity contribution is 0.234. The van der Waals surface area contributed by atoms with Gasteiger partial charge in [0.15, 0.2) is 5.84 Å². The molecule has 1 aliphatic rings. The maximum absolute atomic E-state index is 9.13. The zero-order valence-corrected chi connectivity index (χ0v) is 9.39. The number of hydrogen-bond donors (Lipinski definition) is 2. The Morgan fingerprint density at radius 1 is 1.41 bits per heavy atom. The molecule has 2 N–H and O–H groups in total. The summed E-state index contributed by atoms with van der Waals surface area (Å²) in [4.78, 5) is 4.39. The molecule has 0 radical (unpaired) electrons. The molecular formula is C13H14N2O2. The standard InChI is InChI=1S/C13H14N2O2/c16-15-13(14-8-9-1-2-9)11-3-4-12-10(7-11)5-6-17-12/h3-7,9,16H,1-2,8H2,(H,14,15). The SMILES string of the molecule is ONC(=NCC1CC1)c1ccc2occc2c1. The molecule has 0 unspecified atom stereocenters. The number of furan rings is 1. The predicted octanol–water partition coefficient (Wildman–Crippen LogP) is 2.57. The molecular weight excluding hydrogens is 216 g/mol. The molecule has 2 aromatic rings. The number of nitrogens with zero attached hydrogens (tertiary/aromatic N) is 1. The second kappa shape index (κ2) is 4.22. The van der Waals surface area contributed by atoms with Gasteiger partial charge in [-0.2, -0.15) is 0 Å². The van der Waals surface area contributed by atoms with Gasteiger partial charge in [-0.3, -0.25) is 15.7 Å². The average molecular weight is 230 g/mol. The van der Waals surface area contributed by atoms with Crippen molar-refractivity contribution in [3.63, 3.8) is 0 Å². The largest absolute Gasteiger partial charge is 0.464 e. The Morgan fingerprint density at radius 2 is 2.29 bits per heavy atom. The molecule has 88 valence electrons. The van der Waals surface area contributed by atoms with Crippen LogP contribution in [-0.4, -0.2) is 17.6 Å². The van der Waals surface area contributed by atoms with Crippen LogP contribution >= 0.6 is 0 Å². The minimum Gasteiger partial charge on any atom is -0.464 e. The quantitative estimate of drug-likeness (QED) is 0.484. The Balaban J connectivity index is 1.90. The van der Waals surface area contributed by atoms with E-state index in [0.717, 1.165) is 23.1 Å². The Labute approximate surface area is 98.9 Å². The third kappa shape index (κ3) is 2.17. The van der Waals surface area contributed by atoms with Gasteiger partial charge in [0, 0.05) is 17.5 Å². The molecule has 0 amide bonds. The van der Waals surface area contributed by atoms with Gasteiger partial charge in [0.1, 0.15) is 5.58 Å². The van der Waals surface area contributed by atoms with Gasteiger partial charge < -0.3 is 4.42 Å². The number of amidine groups is 1. The van der Waals surface area contributed by atoms with Crippen molar-refractivity contribution in [2.45, 2.75) is 12.8 Å². The number of hydrogen-bond acceptors (Lipinski definition) is 3. The summed E-state index contributed by atoms with van der Waals surface area (Å²) in [5, 5.41) is 10.1. The van der Waals surface area contributed by atoms with E-state index in [0.29, 0.717) is 11.8 Å². The highest BCUT2D eigenvalue weighted by Gasteiger charge is 2.20. The van der Waals surface area contributed by atoms with E-state index >= 15 is 0 Å². The zero-order chi connectivity index (χ0) is 11.7. The lowest BCUT2D eigenvalue weighted by atomic mass is 10.1. The molecule has 4 nitrogen and oxygen atoms in total. The van der Waals surface area contributed by atoms with Gasteiger partial charge in [0.05, 0.1) is 6.26 Å². The van der Waals surface area contributed by atoms with Gasteiger partial charge in [-0.25, -0.2) is 0 Å². The summed E-state index contributed by atoms with van der Waals surface area (Å²) in [7, 11) is 0. The molecule has 4 heteroatoms.